The number of nitrogens with one attached hydrogen (secondary N) is 3. The summed E-state index contributed by atoms with van der Waals surface area (Å²) in [5.74, 6) is 0.496. The molecule has 0 radical (unpaired) electrons. The van der Waals surface area contributed by atoms with E-state index in [2.05, 4.69) is 16.0 Å². The Labute approximate surface area is 192 Å². The molecule has 4 rings (SSSR count). The van der Waals surface area contributed by atoms with Crippen LogP contribution in [0.25, 0.3) is 0 Å². The van der Waals surface area contributed by atoms with Gasteiger partial charge in [-0.2, -0.15) is 13.2 Å². The fourth-order valence-electron chi connectivity index (χ4n) is 5.29. The van der Waals surface area contributed by atoms with Crippen LogP contribution in [0.4, 0.5) is 17.6 Å². The van der Waals surface area contributed by atoms with Crippen LogP contribution in [0.3, 0.4) is 0 Å². The summed E-state index contributed by atoms with van der Waals surface area (Å²) in [5, 5.41) is 9.70. The Hall–Kier alpha value is -1.75. The minimum atomic E-state index is -4.36. The standard InChI is InChI=1S/C23H33F4N5O/c1-15(33)31-11-8-16(9-12-31)13-28-21-20(24)22(30-14-29-21)32-10-2-3-19(32)17-4-6-18(7-5-17)23(25,26)27/h4-7,16,19-22,28-30H,2-3,8-14H2,1H3/t19-,20?,21?,22?/m1/s1. The van der Waals surface area contributed by atoms with E-state index in [1.807, 2.05) is 9.80 Å². The predicted molar refractivity (Wildman–Crippen MR) is 117 cm³/mol. The van der Waals surface area contributed by atoms with Crippen molar-refractivity contribution in [2.24, 2.45) is 5.92 Å². The first-order valence-electron chi connectivity index (χ1n) is 11.8. The summed E-state index contributed by atoms with van der Waals surface area (Å²) >= 11 is 0. The number of halogens is 4. The van der Waals surface area contributed by atoms with E-state index >= 15 is 4.39 Å². The topological polar surface area (TPSA) is 59.6 Å². The first kappa shape index (κ1) is 24.4. The summed E-state index contributed by atoms with van der Waals surface area (Å²) in [6.07, 6.45) is -3.14. The normalized spacial score (nSPS) is 30.0. The van der Waals surface area contributed by atoms with Gasteiger partial charge in [-0.05, 0) is 55.8 Å². The number of rotatable bonds is 5. The van der Waals surface area contributed by atoms with Crippen LogP contribution < -0.4 is 16.0 Å². The first-order chi connectivity index (χ1) is 15.7. The smallest absolute Gasteiger partial charge is 0.343 e. The summed E-state index contributed by atoms with van der Waals surface area (Å²) in [6, 6.07) is 5.14. The maximum absolute atomic E-state index is 15.6. The Morgan fingerprint density at radius 1 is 1.09 bits per heavy atom. The van der Waals surface area contributed by atoms with Crippen LogP contribution in [0.2, 0.25) is 0 Å². The number of nitrogens with zero attached hydrogens (tertiary/aromatic N) is 2. The van der Waals surface area contributed by atoms with E-state index in [4.69, 9.17) is 0 Å². The van der Waals surface area contributed by atoms with E-state index in [9.17, 15) is 18.0 Å². The third-order valence-corrected chi connectivity index (χ3v) is 7.21. The van der Waals surface area contributed by atoms with E-state index in [-0.39, 0.29) is 11.9 Å². The highest BCUT2D eigenvalue weighted by Crippen LogP contribution is 2.37. The number of benzene rings is 1. The van der Waals surface area contributed by atoms with Gasteiger partial charge in [-0.1, -0.05) is 12.1 Å². The van der Waals surface area contributed by atoms with Gasteiger partial charge in [0, 0.05) is 39.3 Å². The van der Waals surface area contributed by atoms with E-state index in [0.29, 0.717) is 25.7 Å². The van der Waals surface area contributed by atoms with Crippen molar-refractivity contribution in [2.45, 2.75) is 63.3 Å². The first-order valence-corrected chi connectivity index (χ1v) is 11.8. The number of carbonyl (C=O) groups excluding carboxylic acids is 1. The van der Waals surface area contributed by atoms with Gasteiger partial charge in [0.05, 0.1) is 17.9 Å². The highest BCUT2D eigenvalue weighted by Gasteiger charge is 2.42. The van der Waals surface area contributed by atoms with E-state index in [1.54, 1.807) is 6.92 Å². The van der Waals surface area contributed by atoms with Gasteiger partial charge in [0.15, 0.2) is 6.17 Å². The molecule has 3 N–H and O–H groups in total. The highest BCUT2D eigenvalue weighted by molar-refractivity contribution is 5.73. The van der Waals surface area contributed by atoms with Crippen molar-refractivity contribution in [1.82, 2.24) is 25.8 Å². The fourth-order valence-corrected chi connectivity index (χ4v) is 5.29. The van der Waals surface area contributed by atoms with Gasteiger partial charge >= 0.3 is 6.18 Å². The van der Waals surface area contributed by atoms with E-state index < -0.39 is 30.2 Å². The fraction of sp³-hybridized carbons (Fsp3) is 0.696. The number of carbonyl (C=O) groups is 1. The molecule has 0 bridgehead atoms. The summed E-state index contributed by atoms with van der Waals surface area (Å²) in [6.45, 7) is 4.89. The van der Waals surface area contributed by atoms with Gasteiger partial charge in [-0.25, -0.2) is 4.39 Å². The van der Waals surface area contributed by atoms with Gasteiger partial charge in [0.1, 0.15) is 0 Å². The molecule has 3 aliphatic heterocycles. The second kappa shape index (κ2) is 10.2. The second-order valence-corrected chi connectivity index (χ2v) is 9.33. The van der Waals surface area contributed by atoms with Gasteiger partial charge < -0.3 is 4.90 Å². The molecule has 0 aliphatic carbocycles. The van der Waals surface area contributed by atoms with Crippen molar-refractivity contribution < 1.29 is 22.4 Å². The number of piperidine rings is 1. The summed E-state index contributed by atoms with van der Waals surface area (Å²) in [4.78, 5) is 15.4. The Balaban J connectivity index is 1.35. The molecule has 3 aliphatic rings. The number of hydrogen-bond acceptors (Lipinski definition) is 5. The number of amides is 1. The van der Waals surface area contributed by atoms with Gasteiger partial charge in [0.25, 0.3) is 0 Å². The SMILES string of the molecule is CC(=O)N1CCC(CNC2NCNC(N3CCC[C@@H]3c3ccc(C(F)(F)F)cc3)C2F)CC1. The lowest BCUT2D eigenvalue weighted by Gasteiger charge is -2.43. The number of likely N-dealkylation sites (tertiary alicyclic amines) is 2. The van der Waals surface area contributed by atoms with Crippen molar-refractivity contribution in [3.05, 3.63) is 35.4 Å². The largest absolute Gasteiger partial charge is 0.416 e. The van der Waals surface area contributed by atoms with Crippen LogP contribution in [-0.2, 0) is 11.0 Å². The Bertz CT molecular complexity index is 797. The minimum absolute atomic E-state index is 0.0984. The molecule has 33 heavy (non-hydrogen) atoms. The lowest BCUT2D eigenvalue weighted by Crippen LogP contribution is -2.68. The van der Waals surface area contributed by atoms with Crippen molar-refractivity contribution >= 4 is 5.91 Å². The molecule has 3 fully saturated rings. The third-order valence-electron chi connectivity index (χ3n) is 7.21. The molecular weight excluding hydrogens is 438 g/mol. The molecule has 1 amide bonds. The summed E-state index contributed by atoms with van der Waals surface area (Å²) in [7, 11) is 0. The lowest BCUT2D eigenvalue weighted by molar-refractivity contribution is -0.137. The van der Waals surface area contributed by atoms with E-state index in [0.717, 1.165) is 56.5 Å². The van der Waals surface area contributed by atoms with Gasteiger partial charge in [0.2, 0.25) is 5.91 Å². The number of hydrogen-bond donors (Lipinski definition) is 3. The third kappa shape index (κ3) is 5.67. The molecule has 0 spiro atoms. The van der Waals surface area contributed by atoms with Gasteiger partial charge in [-0.3, -0.25) is 25.6 Å². The zero-order valence-electron chi connectivity index (χ0n) is 18.9. The van der Waals surface area contributed by atoms with Crippen LogP contribution in [0.15, 0.2) is 24.3 Å². The Kier molecular flexibility index (Phi) is 7.57. The molecular formula is C23H33F4N5O. The van der Waals surface area contributed by atoms with Crippen LogP contribution >= 0.6 is 0 Å². The van der Waals surface area contributed by atoms with Crippen LogP contribution in [0.1, 0.15) is 49.8 Å². The highest BCUT2D eigenvalue weighted by atomic mass is 19.4. The molecule has 3 saturated heterocycles. The lowest BCUT2D eigenvalue weighted by atomic mass is 9.96. The Morgan fingerprint density at radius 3 is 2.42 bits per heavy atom. The number of alkyl halides is 4. The van der Waals surface area contributed by atoms with Crippen molar-refractivity contribution in [3.63, 3.8) is 0 Å². The average molecular weight is 472 g/mol. The Morgan fingerprint density at radius 2 is 1.79 bits per heavy atom. The van der Waals surface area contributed by atoms with E-state index in [1.165, 1.54) is 12.1 Å². The molecule has 184 valence electrons. The molecule has 4 atom stereocenters. The average Bonchev–Trinajstić information content (AvgIpc) is 3.28. The summed E-state index contributed by atoms with van der Waals surface area (Å²) < 4.78 is 54.3. The quantitative estimate of drug-likeness (QED) is 0.577. The molecule has 10 heteroatoms. The minimum Gasteiger partial charge on any atom is -0.343 e. The second-order valence-electron chi connectivity index (χ2n) is 9.33. The van der Waals surface area contributed by atoms with Crippen LogP contribution in [0.5, 0.6) is 0 Å². The molecule has 6 nitrogen and oxygen atoms in total. The molecule has 0 saturated carbocycles. The monoisotopic (exact) mass is 471 g/mol. The molecule has 3 unspecified atom stereocenters. The van der Waals surface area contributed by atoms with Crippen molar-refractivity contribution in [1.29, 1.82) is 0 Å². The zero-order valence-corrected chi connectivity index (χ0v) is 18.9. The molecule has 0 aromatic heterocycles. The maximum Gasteiger partial charge on any atom is 0.416 e. The van der Waals surface area contributed by atoms with Crippen LogP contribution in [-0.4, -0.2) is 67.1 Å². The summed E-state index contributed by atoms with van der Waals surface area (Å²) in [5.41, 5.74) is 0.118. The maximum atomic E-state index is 15.6. The molecule has 3 heterocycles. The molecule has 1 aromatic carbocycles. The predicted octanol–water partition coefficient (Wildman–Crippen LogP) is 2.83. The van der Waals surface area contributed by atoms with Gasteiger partial charge in [-0.15, -0.1) is 0 Å². The van der Waals surface area contributed by atoms with Crippen LogP contribution in [0, 0.1) is 5.92 Å². The molecule has 1 aromatic rings. The zero-order chi connectivity index (χ0) is 23.6. The van der Waals surface area contributed by atoms with Crippen molar-refractivity contribution in [2.75, 3.05) is 32.8 Å². The van der Waals surface area contributed by atoms with Crippen molar-refractivity contribution in [3.8, 4) is 0 Å².